The van der Waals surface area contributed by atoms with Gasteiger partial charge in [-0.3, -0.25) is 0 Å². The van der Waals surface area contributed by atoms with Gasteiger partial charge in [0.1, 0.15) is 0 Å². The fourth-order valence-electron chi connectivity index (χ4n) is 3.57. The third-order valence-corrected chi connectivity index (χ3v) is 4.69. The number of benzene rings is 2. The third kappa shape index (κ3) is 3.29. The minimum Gasteiger partial charge on any atom is -0.317 e. The van der Waals surface area contributed by atoms with Gasteiger partial charge in [-0.1, -0.05) is 43.7 Å². The minimum atomic E-state index is 1.16. The molecule has 2 aromatic rings. The van der Waals surface area contributed by atoms with E-state index in [1.807, 2.05) is 0 Å². The second kappa shape index (κ2) is 7.09. The Hall–Kier alpha value is -1.34. The average molecular weight is 281 g/mol. The lowest BCUT2D eigenvalue weighted by atomic mass is 9.96. The highest BCUT2D eigenvalue weighted by Gasteiger charge is 2.15. The molecule has 0 atom stereocenters. The summed E-state index contributed by atoms with van der Waals surface area (Å²) in [7, 11) is 0. The van der Waals surface area contributed by atoms with Crippen molar-refractivity contribution < 1.29 is 0 Å². The van der Waals surface area contributed by atoms with Gasteiger partial charge in [0.15, 0.2) is 0 Å². The maximum atomic E-state index is 3.49. The van der Waals surface area contributed by atoms with Crippen molar-refractivity contribution in [2.24, 2.45) is 0 Å². The molecule has 1 N–H and O–H groups in total. The van der Waals surface area contributed by atoms with Crippen molar-refractivity contribution >= 4 is 10.8 Å². The largest absolute Gasteiger partial charge is 0.317 e. The second-order valence-corrected chi connectivity index (χ2v) is 6.28. The van der Waals surface area contributed by atoms with Crippen molar-refractivity contribution in [3.8, 4) is 0 Å². The van der Waals surface area contributed by atoms with Gasteiger partial charge < -0.3 is 5.32 Å². The molecular formula is C20H27N. The van der Waals surface area contributed by atoms with E-state index in [9.17, 15) is 0 Å². The molecule has 1 aliphatic carbocycles. The average Bonchev–Trinajstić information content (AvgIpc) is 2.93. The smallest absolute Gasteiger partial charge is 0.00489 e. The Morgan fingerprint density at radius 3 is 2.62 bits per heavy atom. The quantitative estimate of drug-likeness (QED) is 0.694. The normalized spacial score (nSPS) is 13.2. The van der Waals surface area contributed by atoms with Crippen LogP contribution in [0, 0.1) is 0 Å². The van der Waals surface area contributed by atoms with Crippen molar-refractivity contribution in [3.63, 3.8) is 0 Å². The van der Waals surface area contributed by atoms with E-state index in [0.29, 0.717) is 0 Å². The van der Waals surface area contributed by atoms with Gasteiger partial charge in [-0.15, -0.1) is 0 Å². The van der Waals surface area contributed by atoms with Gasteiger partial charge in [-0.05, 0) is 79.1 Å². The van der Waals surface area contributed by atoms with E-state index in [-0.39, 0.29) is 0 Å². The zero-order valence-corrected chi connectivity index (χ0v) is 13.3. The molecule has 0 heterocycles. The van der Waals surface area contributed by atoms with E-state index in [1.165, 1.54) is 56.9 Å². The van der Waals surface area contributed by atoms with E-state index in [0.717, 1.165) is 6.54 Å². The minimum absolute atomic E-state index is 1.16. The SMILES string of the molecule is CCCNCCCCCc1ccc2c3c(cccc13)CC2. The molecule has 0 amide bonds. The van der Waals surface area contributed by atoms with Crippen molar-refractivity contribution in [1.29, 1.82) is 0 Å². The van der Waals surface area contributed by atoms with Gasteiger partial charge in [0, 0.05) is 0 Å². The Labute approximate surface area is 128 Å². The first-order valence-corrected chi connectivity index (χ1v) is 8.63. The van der Waals surface area contributed by atoms with Crippen LogP contribution in [0.4, 0.5) is 0 Å². The summed E-state index contributed by atoms with van der Waals surface area (Å²) < 4.78 is 0. The lowest BCUT2D eigenvalue weighted by Crippen LogP contribution is -2.15. The molecule has 0 unspecified atom stereocenters. The van der Waals surface area contributed by atoms with E-state index >= 15 is 0 Å². The van der Waals surface area contributed by atoms with Gasteiger partial charge in [-0.25, -0.2) is 0 Å². The molecule has 21 heavy (non-hydrogen) atoms. The van der Waals surface area contributed by atoms with E-state index < -0.39 is 0 Å². The van der Waals surface area contributed by atoms with E-state index in [1.54, 1.807) is 22.1 Å². The second-order valence-electron chi connectivity index (χ2n) is 6.28. The summed E-state index contributed by atoms with van der Waals surface area (Å²) in [5.41, 5.74) is 4.68. The highest BCUT2D eigenvalue weighted by molar-refractivity contribution is 5.93. The first-order valence-electron chi connectivity index (χ1n) is 8.63. The zero-order chi connectivity index (χ0) is 14.5. The van der Waals surface area contributed by atoms with Crippen LogP contribution in [0.5, 0.6) is 0 Å². The van der Waals surface area contributed by atoms with Gasteiger partial charge in [0.05, 0.1) is 0 Å². The summed E-state index contributed by atoms with van der Waals surface area (Å²) in [5.74, 6) is 0. The third-order valence-electron chi connectivity index (χ3n) is 4.69. The maximum Gasteiger partial charge on any atom is -0.00489 e. The van der Waals surface area contributed by atoms with Crippen LogP contribution in [0.2, 0.25) is 0 Å². The number of hydrogen-bond donors (Lipinski definition) is 1. The molecule has 0 saturated heterocycles. The maximum absolute atomic E-state index is 3.49. The van der Waals surface area contributed by atoms with Crippen LogP contribution in [0.25, 0.3) is 10.8 Å². The molecule has 1 heteroatoms. The Bertz CT molecular complexity index is 590. The van der Waals surface area contributed by atoms with Crippen molar-refractivity contribution in [3.05, 3.63) is 47.0 Å². The van der Waals surface area contributed by atoms with Crippen LogP contribution in [0.15, 0.2) is 30.3 Å². The molecule has 0 fully saturated rings. The summed E-state index contributed by atoms with van der Waals surface area (Å²) >= 11 is 0. The Balaban J connectivity index is 1.58. The molecule has 0 spiro atoms. The lowest BCUT2D eigenvalue weighted by Gasteiger charge is -2.09. The molecule has 2 aromatic carbocycles. The molecule has 0 radical (unpaired) electrons. The zero-order valence-electron chi connectivity index (χ0n) is 13.3. The van der Waals surface area contributed by atoms with E-state index in [2.05, 4.69) is 42.6 Å². The molecule has 0 aromatic heterocycles. The Kier molecular flexibility index (Phi) is 4.92. The first-order chi connectivity index (χ1) is 10.4. The molecule has 1 nitrogen and oxygen atoms in total. The van der Waals surface area contributed by atoms with Crippen LogP contribution < -0.4 is 5.32 Å². The fourth-order valence-corrected chi connectivity index (χ4v) is 3.57. The Morgan fingerprint density at radius 2 is 1.76 bits per heavy atom. The van der Waals surface area contributed by atoms with Crippen LogP contribution >= 0.6 is 0 Å². The van der Waals surface area contributed by atoms with Gasteiger partial charge in [0.2, 0.25) is 0 Å². The molecule has 0 aliphatic heterocycles. The summed E-state index contributed by atoms with van der Waals surface area (Å²) in [5, 5.41) is 6.58. The number of nitrogens with one attached hydrogen (secondary N) is 1. The van der Waals surface area contributed by atoms with Crippen LogP contribution in [0.1, 0.15) is 49.3 Å². The summed E-state index contributed by atoms with van der Waals surface area (Å²) in [6.45, 7) is 4.56. The standard InChI is InChI=1S/C20H27N/c1-2-14-21-15-5-3-4-7-16-10-11-18-13-12-17-8-6-9-19(16)20(17)18/h6,8-11,21H,2-5,7,12-15H2,1H3. The van der Waals surface area contributed by atoms with Gasteiger partial charge in [-0.2, -0.15) is 0 Å². The molecular weight excluding hydrogens is 254 g/mol. The predicted molar refractivity (Wildman–Crippen MR) is 92.1 cm³/mol. The van der Waals surface area contributed by atoms with Crippen LogP contribution in [0.3, 0.4) is 0 Å². The summed E-state index contributed by atoms with van der Waals surface area (Å²) in [6.07, 6.45) is 8.89. The van der Waals surface area contributed by atoms with Gasteiger partial charge in [0.25, 0.3) is 0 Å². The number of rotatable bonds is 8. The topological polar surface area (TPSA) is 12.0 Å². The monoisotopic (exact) mass is 281 g/mol. The molecule has 0 bridgehead atoms. The first kappa shape index (κ1) is 14.6. The fraction of sp³-hybridized carbons (Fsp3) is 0.500. The van der Waals surface area contributed by atoms with E-state index in [4.69, 9.17) is 0 Å². The highest BCUT2D eigenvalue weighted by atomic mass is 14.8. The van der Waals surface area contributed by atoms with Crippen molar-refractivity contribution in [2.75, 3.05) is 13.1 Å². The Morgan fingerprint density at radius 1 is 0.905 bits per heavy atom. The lowest BCUT2D eigenvalue weighted by molar-refractivity contribution is 0.599. The van der Waals surface area contributed by atoms with Crippen LogP contribution in [-0.4, -0.2) is 13.1 Å². The summed E-state index contributed by atoms with van der Waals surface area (Å²) in [6, 6.07) is 11.6. The molecule has 3 rings (SSSR count). The molecule has 0 saturated carbocycles. The predicted octanol–water partition coefficient (Wildman–Crippen LogP) is 4.65. The number of aryl methyl sites for hydroxylation is 3. The number of hydrogen-bond acceptors (Lipinski definition) is 1. The molecule has 112 valence electrons. The van der Waals surface area contributed by atoms with Crippen molar-refractivity contribution in [1.82, 2.24) is 5.32 Å². The highest BCUT2D eigenvalue weighted by Crippen LogP contribution is 2.33. The molecule has 1 aliphatic rings. The number of unbranched alkanes of at least 4 members (excludes halogenated alkanes) is 2. The van der Waals surface area contributed by atoms with Gasteiger partial charge >= 0.3 is 0 Å². The summed E-state index contributed by atoms with van der Waals surface area (Å²) in [4.78, 5) is 0. The van der Waals surface area contributed by atoms with Crippen LogP contribution in [-0.2, 0) is 19.3 Å². The van der Waals surface area contributed by atoms with Crippen molar-refractivity contribution in [2.45, 2.75) is 51.9 Å².